The van der Waals surface area contributed by atoms with Crippen molar-refractivity contribution in [3.05, 3.63) is 29.8 Å². The number of nitrogens with one attached hydrogen (secondary N) is 2. The molecule has 152 valence electrons. The summed E-state index contributed by atoms with van der Waals surface area (Å²) in [5.41, 5.74) is 7.20. The number of carbonyl (C=O) groups excluding carboxylic acids is 1. The van der Waals surface area contributed by atoms with Crippen LogP contribution in [0.25, 0.3) is 0 Å². The van der Waals surface area contributed by atoms with Crippen molar-refractivity contribution in [2.24, 2.45) is 23.5 Å². The smallest absolute Gasteiger partial charge is 0.240 e. The summed E-state index contributed by atoms with van der Waals surface area (Å²) in [6, 6.07) is 6.72. The molecule has 2 saturated carbocycles. The van der Waals surface area contributed by atoms with Gasteiger partial charge in [0, 0.05) is 12.0 Å². The van der Waals surface area contributed by atoms with Crippen LogP contribution in [0.4, 0.5) is 0 Å². The van der Waals surface area contributed by atoms with Crippen LogP contribution in [0.2, 0.25) is 0 Å². The molecule has 0 saturated heterocycles. The molecule has 4 N–H and O–H groups in total. The lowest BCUT2D eigenvalue weighted by Gasteiger charge is -2.43. The van der Waals surface area contributed by atoms with Crippen LogP contribution in [0.3, 0.4) is 0 Å². The van der Waals surface area contributed by atoms with Gasteiger partial charge in [0.2, 0.25) is 15.9 Å². The first-order valence-electron chi connectivity index (χ1n) is 9.41. The van der Waals surface area contributed by atoms with Crippen molar-refractivity contribution in [1.29, 1.82) is 0 Å². The lowest BCUT2D eigenvalue weighted by Crippen LogP contribution is -2.49. The number of halogens is 1. The van der Waals surface area contributed by atoms with E-state index in [9.17, 15) is 13.2 Å². The number of rotatable bonds is 5. The molecule has 2 aliphatic carbocycles. The summed E-state index contributed by atoms with van der Waals surface area (Å²) in [7, 11) is -2.06. The fourth-order valence-electron chi connectivity index (χ4n) is 4.47. The highest BCUT2D eigenvalue weighted by Crippen LogP contribution is 2.42. The topological polar surface area (TPSA) is 101 Å². The van der Waals surface area contributed by atoms with Crippen LogP contribution in [0, 0.1) is 17.8 Å². The van der Waals surface area contributed by atoms with Crippen molar-refractivity contribution in [3.63, 3.8) is 0 Å². The lowest BCUT2D eigenvalue weighted by atomic mass is 9.65. The molecule has 3 rings (SSSR count). The second-order valence-electron chi connectivity index (χ2n) is 7.70. The van der Waals surface area contributed by atoms with Crippen LogP contribution < -0.4 is 15.8 Å². The predicted octanol–water partition coefficient (Wildman–Crippen LogP) is 2.35. The van der Waals surface area contributed by atoms with Gasteiger partial charge in [0.25, 0.3) is 0 Å². The number of benzene rings is 1. The molecule has 0 spiro atoms. The average Bonchev–Trinajstić information content (AvgIpc) is 2.61. The Hall–Kier alpha value is -1.15. The molecule has 3 atom stereocenters. The van der Waals surface area contributed by atoms with E-state index < -0.39 is 10.0 Å². The zero-order valence-electron chi connectivity index (χ0n) is 15.9. The number of carbonyl (C=O) groups is 1. The molecule has 1 aromatic rings. The summed E-state index contributed by atoms with van der Waals surface area (Å²) in [6.07, 6.45) is 5.28. The Morgan fingerprint density at radius 2 is 1.70 bits per heavy atom. The summed E-state index contributed by atoms with van der Waals surface area (Å²) in [4.78, 5) is 13.0. The summed E-state index contributed by atoms with van der Waals surface area (Å²) in [6.45, 7) is 1.93. The molecular formula is C19H30ClN3O3S. The van der Waals surface area contributed by atoms with E-state index in [0.29, 0.717) is 11.8 Å². The Bertz CT molecular complexity index is 740. The van der Waals surface area contributed by atoms with Crippen LogP contribution in [0.1, 0.15) is 50.6 Å². The zero-order chi connectivity index (χ0) is 18.9. The second-order valence-corrected chi connectivity index (χ2v) is 9.59. The number of fused-ring (bicyclic) bond motifs is 2. The van der Waals surface area contributed by atoms with Crippen LogP contribution in [0.5, 0.6) is 0 Å². The van der Waals surface area contributed by atoms with Gasteiger partial charge in [-0.25, -0.2) is 13.1 Å². The molecule has 2 bridgehead atoms. The first-order valence-corrected chi connectivity index (χ1v) is 10.9. The van der Waals surface area contributed by atoms with Gasteiger partial charge in [-0.2, -0.15) is 0 Å². The Balaban J connectivity index is 0.00000261. The maximum absolute atomic E-state index is 12.7. The van der Waals surface area contributed by atoms with Gasteiger partial charge in [0.05, 0.1) is 10.9 Å². The molecule has 6 nitrogen and oxygen atoms in total. The van der Waals surface area contributed by atoms with E-state index in [4.69, 9.17) is 5.73 Å². The fraction of sp³-hybridized carbons (Fsp3) is 0.632. The van der Waals surface area contributed by atoms with Crippen LogP contribution in [-0.4, -0.2) is 27.4 Å². The summed E-state index contributed by atoms with van der Waals surface area (Å²) < 4.78 is 25.9. The van der Waals surface area contributed by atoms with E-state index in [2.05, 4.69) is 10.0 Å². The number of hydrogen-bond acceptors (Lipinski definition) is 4. The molecule has 1 aromatic carbocycles. The third-order valence-electron chi connectivity index (χ3n) is 6.10. The number of nitrogens with two attached hydrogens (primary N) is 1. The highest BCUT2D eigenvalue weighted by molar-refractivity contribution is 7.89. The third kappa shape index (κ3) is 4.83. The van der Waals surface area contributed by atoms with E-state index in [1.807, 2.05) is 6.92 Å². The number of amides is 1. The van der Waals surface area contributed by atoms with E-state index in [-0.39, 0.29) is 41.2 Å². The van der Waals surface area contributed by atoms with Gasteiger partial charge in [-0.05, 0) is 69.2 Å². The maximum atomic E-state index is 12.7. The first kappa shape index (κ1) is 22.1. The summed E-state index contributed by atoms with van der Waals surface area (Å²) in [5, 5.41) is 3.10. The molecule has 2 aliphatic rings. The minimum atomic E-state index is -3.44. The van der Waals surface area contributed by atoms with Crippen molar-refractivity contribution < 1.29 is 13.2 Å². The minimum Gasteiger partial charge on any atom is -0.349 e. The van der Waals surface area contributed by atoms with Crippen molar-refractivity contribution in [1.82, 2.24) is 10.0 Å². The molecule has 0 aliphatic heterocycles. The van der Waals surface area contributed by atoms with Crippen molar-refractivity contribution >= 4 is 28.3 Å². The average molecular weight is 416 g/mol. The monoisotopic (exact) mass is 415 g/mol. The molecule has 3 unspecified atom stereocenters. The Morgan fingerprint density at radius 1 is 1.15 bits per heavy atom. The standard InChI is InChI=1S/C19H29N3O3S.ClH/c1-12(13-6-8-17(9-7-13)26(24,25)21-2)22-19(23)16-10-14-4-3-5-15(11-16)18(14)20;/h6-9,12,14-16,18,21H,3-5,10-11,20H2,1-2H3,(H,22,23);1H. The number of hydrogen-bond donors (Lipinski definition) is 3. The zero-order valence-corrected chi connectivity index (χ0v) is 17.5. The fourth-order valence-corrected chi connectivity index (χ4v) is 5.20. The van der Waals surface area contributed by atoms with Gasteiger partial charge < -0.3 is 11.1 Å². The molecule has 0 aromatic heterocycles. The van der Waals surface area contributed by atoms with E-state index in [1.54, 1.807) is 24.3 Å². The van der Waals surface area contributed by atoms with Crippen molar-refractivity contribution in [2.75, 3.05) is 7.05 Å². The molecule has 0 radical (unpaired) electrons. The van der Waals surface area contributed by atoms with Crippen LogP contribution in [0.15, 0.2) is 29.2 Å². The van der Waals surface area contributed by atoms with Crippen molar-refractivity contribution in [2.45, 2.75) is 56.0 Å². The van der Waals surface area contributed by atoms with Gasteiger partial charge in [0.1, 0.15) is 0 Å². The third-order valence-corrected chi connectivity index (χ3v) is 7.53. The summed E-state index contributed by atoms with van der Waals surface area (Å²) in [5.74, 6) is 1.07. The predicted molar refractivity (Wildman–Crippen MR) is 108 cm³/mol. The van der Waals surface area contributed by atoms with Crippen molar-refractivity contribution in [3.8, 4) is 0 Å². The van der Waals surface area contributed by atoms with Crippen LogP contribution in [-0.2, 0) is 14.8 Å². The quantitative estimate of drug-likeness (QED) is 0.686. The lowest BCUT2D eigenvalue weighted by molar-refractivity contribution is -0.128. The Morgan fingerprint density at radius 3 is 2.22 bits per heavy atom. The summed E-state index contributed by atoms with van der Waals surface area (Å²) >= 11 is 0. The molecule has 8 heteroatoms. The molecule has 27 heavy (non-hydrogen) atoms. The molecule has 1 amide bonds. The van der Waals surface area contributed by atoms with E-state index >= 15 is 0 Å². The van der Waals surface area contributed by atoms with Crippen LogP contribution >= 0.6 is 12.4 Å². The normalized spacial score (nSPS) is 28.7. The second kappa shape index (κ2) is 8.90. The highest BCUT2D eigenvalue weighted by atomic mass is 35.5. The Labute approximate surface area is 168 Å². The van der Waals surface area contributed by atoms with Gasteiger partial charge >= 0.3 is 0 Å². The van der Waals surface area contributed by atoms with Gasteiger partial charge in [-0.3, -0.25) is 4.79 Å². The Kier molecular flexibility index (Phi) is 7.30. The number of sulfonamides is 1. The largest absolute Gasteiger partial charge is 0.349 e. The van der Waals surface area contributed by atoms with E-state index in [0.717, 1.165) is 31.2 Å². The van der Waals surface area contributed by atoms with Gasteiger partial charge in [-0.15, -0.1) is 12.4 Å². The first-order chi connectivity index (χ1) is 12.3. The SMILES string of the molecule is CNS(=O)(=O)c1ccc(C(C)NC(=O)C2CC3CCCC(C2)C3N)cc1.Cl. The van der Waals surface area contributed by atoms with Gasteiger partial charge in [0.15, 0.2) is 0 Å². The minimum absolute atomic E-state index is 0. The maximum Gasteiger partial charge on any atom is 0.240 e. The van der Waals surface area contributed by atoms with Gasteiger partial charge in [-0.1, -0.05) is 18.6 Å². The molecule has 2 fully saturated rings. The molecular weight excluding hydrogens is 386 g/mol. The molecule has 0 heterocycles. The highest BCUT2D eigenvalue weighted by Gasteiger charge is 2.40. The van der Waals surface area contributed by atoms with E-state index in [1.165, 1.54) is 13.5 Å².